The quantitative estimate of drug-likeness (QED) is 0.667. The van der Waals surface area contributed by atoms with Crippen molar-refractivity contribution in [3.05, 3.63) is 35.9 Å². The lowest BCUT2D eigenvalue weighted by molar-refractivity contribution is 1.14. The van der Waals surface area contributed by atoms with Crippen LogP contribution in [0, 0.1) is 0 Å². The van der Waals surface area contributed by atoms with Gasteiger partial charge < -0.3 is 0 Å². The standard InChI is InChI=1S/C8H9NS2/c1-2-7-10-11-8-5-3-4-6-9-8/h2-7H,1H3. The van der Waals surface area contributed by atoms with Crippen LogP contribution in [0.4, 0.5) is 0 Å². The van der Waals surface area contributed by atoms with Crippen LogP contribution in [0.3, 0.4) is 0 Å². The summed E-state index contributed by atoms with van der Waals surface area (Å²) >= 11 is 0. The maximum Gasteiger partial charge on any atom is 0.107 e. The Bertz CT molecular complexity index is 221. The molecule has 0 N–H and O–H groups in total. The van der Waals surface area contributed by atoms with E-state index in [4.69, 9.17) is 0 Å². The fourth-order valence-corrected chi connectivity index (χ4v) is 2.12. The van der Waals surface area contributed by atoms with Gasteiger partial charge in [0, 0.05) is 6.20 Å². The summed E-state index contributed by atoms with van der Waals surface area (Å²) in [6.07, 6.45) is 3.82. The lowest BCUT2D eigenvalue weighted by atomic mass is 10.5. The van der Waals surface area contributed by atoms with Crippen LogP contribution >= 0.6 is 21.6 Å². The molecule has 0 aliphatic carbocycles. The number of nitrogens with zero attached hydrogens (tertiary/aromatic N) is 1. The van der Waals surface area contributed by atoms with Gasteiger partial charge in [0.2, 0.25) is 0 Å². The molecule has 0 saturated carbocycles. The van der Waals surface area contributed by atoms with Crippen LogP contribution in [-0.4, -0.2) is 4.98 Å². The summed E-state index contributed by atoms with van der Waals surface area (Å²) in [7, 11) is 3.34. The Morgan fingerprint density at radius 2 is 2.36 bits per heavy atom. The van der Waals surface area contributed by atoms with Gasteiger partial charge in [-0.2, -0.15) is 0 Å². The number of allylic oxidation sites excluding steroid dienone is 1. The van der Waals surface area contributed by atoms with E-state index >= 15 is 0 Å². The average molecular weight is 183 g/mol. The van der Waals surface area contributed by atoms with Crippen molar-refractivity contribution in [1.82, 2.24) is 4.98 Å². The Morgan fingerprint density at radius 1 is 1.45 bits per heavy atom. The van der Waals surface area contributed by atoms with Crippen LogP contribution in [0.25, 0.3) is 0 Å². The molecule has 0 spiro atoms. The van der Waals surface area contributed by atoms with Crippen molar-refractivity contribution in [3.8, 4) is 0 Å². The topological polar surface area (TPSA) is 12.9 Å². The Balaban J connectivity index is 2.39. The lowest BCUT2D eigenvalue weighted by Crippen LogP contribution is -1.71. The van der Waals surface area contributed by atoms with Crippen LogP contribution in [0.15, 0.2) is 40.9 Å². The maximum absolute atomic E-state index is 4.16. The molecule has 1 aromatic rings. The van der Waals surface area contributed by atoms with Gasteiger partial charge in [-0.25, -0.2) is 4.98 Å². The molecule has 0 atom stereocenters. The van der Waals surface area contributed by atoms with Crippen molar-refractivity contribution < 1.29 is 0 Å². The van der Waals surface area contributed by atoms with Crippen LogP contribution in [0.5, 0.6) is 0 Å². The molecule has 0 fully saturated rings. The second-order valence-corrected chi connectivity index (χ2v) is 3.94. The third kappa shape index (κ3) is 3.49. The van der Waals surface area contributed by atoms with Crippen LogP contribution in [-0.2, 0) is 0 Å². The molecular weight excluding hydrogens is 174 g/mol. The zero-order chi connectivity index (χ0) is 7.94. The first-order valence-electron chi connectivity index (χ1n) is 3.29. The zero-order valence-corrected chi connectivity index (χ0v) is 7.86. The highest BCUT2D eigenvalue weighted by Gasteiger charge is 1.89. The monoisotopic (exact) mass is 183 g/mol. The van der Waals surface area contributed by atoms with E-state index in [1.165, 1.54) is 0 Å². The molecule has 0 unspecified atom stereocenters. The smallest absolute Gasteiger partial charge is 0.107 e. The van der Waals surface area contributed by atoms with Crippen LogP contribution < -0.4 is 0 Å². The first-order valence-corrected chi connectivity index (χ1v) is 5.50. The van der Waals surface area contributed by atoms with Gasteiger partial charge in [0.05, 0.1) is 0 Å². The molecule has 1 heterocycles. The van der Waals surface area contributed by atoms with Gasteiger partial charge in [-0.3, -0.25) is 0 Å². The van der Waals surface area contributed by atoms with Crippen molar-refractivity contribution in [2.75, 3.05) is 0 Å². The third-order valence-corrected chi connectivity index (χ3v) is 2.99. The summed E-state index contributed by atoms with van der Waals surface area (Å²) in [4.78, 5) is 4.16. The van der Waals surface area contributed by atoms with E-state index in [1.54, 1.807) is 27.8 Å². The fraction of sp³-hybridized carbons (Fsp3) is 0.125. The van der Waals surface area contributed by atoms with Gasteiger partial charge in [0.1, 0.15) is 5.03 Å². The number of hydrogen-bond acceptors (Lipinski definition) is 3. The predicted octanol–water partition coefficient (Wildman–Crippen LogP) is 3.36. The Morgan fingerprint density at radius 3 is 3.00 bits per heavy atom. The van der Waals surface area contributed by atoms with E-state index < -0.39 is 0 Å². The van der Waals surface area contributed by atoms with Crippen molar-refractivity contribution in [3.63, 3.8) is 0 Å². The Hall–Kier alpha value is -0.410. The van der Waals surface area contributed by atoms with Gasteiger partial charge in [0.15, 0.2) is 0 Å². The number of aromatic nitrogens is 1. The normalized spacial score (nSPS) is 10.6. The molecule has 1 rings (SSSR count). The van der Waals surface area contributed by atoms with E-state index in [2.05, 4.69) is 4.98 Å². The summed E-state index contributed by atoms with van der Waals surface area (Å²) in [6, 6.07) is 5.91. The Kier molecular flexibility index (Phi) is 4.16. The summed E-state index contributed by atoms with van der Waals surface area (Å²) in [5.74, 6) is 0. The summed E-state index contributed by atoms with van der Waals surface area (Å²) in [5, 5.41) is 3.09. The highest BCUT2D eigenvalue weighted by atomic mass is 33.1. The second-order valence-electron chi connectivity index (χ2n) is 1.82. The van der Waals surface area contributed by atoms with Gasteiger partial charge in [-0.05, 0) is 35.3 Å². The fourth-order valence-electron chi connectivity index (χ4n) is 0.529. The first kappa shape index (κ1) is 8.68. The Labute approximate surface area is 74.7 Å². The highest BCUT2D eigenvalue weighted by Crippen LogP contribution is 2.29. The van der Waals surface area contributed by atoms with Crippen LogP contribution in [0.1, 0.15) is 6.92 Å². The lowest BCUT2D eigenvalue weighted by Gasteiger charge is -1.92. The molecule has 58 valence electrons. The molecule has 0 aliphatic rings. The largest absolute Gasteiger partial charge is 0.249 e. The molecule has 1 nitrogen and oxygen atoms in total. The van der Waals surface area contributed by atoms with Gasteiger partial charge in [-0.1, -0.05) is 22.9 Å². The zero-order valence-electron chi connectivity index (χ0n) is 6.23. The maximum atomic E-state index is 4.16. The van der Waals surface area contributed by atoms with Gasteiger partial charge >= 0.3 is 0 Å². The molecule has 0 amide bonds. The number of pyridine rings is 1. The molecule has 11 heavy (non-hydrogen) atoms. The van der Waals surface area contributed by atoms with Crippen molar-refractivity contribution in [2.24, 2.45) is 0 Å². The summed E-state index contributed by atoms with van der Waals surface area (Å²) in [5.41, 5.74) is 0. The molecule has 0 aromatic carbocycles. The summed E-state index contributed by atoms with van der Waals surface area (Å²) in [6.45, 7) is 2.01. The second kappa shape index (κ2) is 5.27. The first-order chi connectivity index (χ1) is 5.43. The minimum Gasteiger partial charge on any atom is -0.249 e. The van der Waals surface area contributed by atoms with Gasteiger partial charge in [-0.15, -0.1) is 0 Å². The highest BCUT2D eigenvalue weighted by molar-refractivity contribution is 8.77. The minimum atomic E-state index is 1.05. The number of rotatable bonds is 3. The number of hydrogen-bond donors (Lipinski definition) is 0. The van der Waals surface area contributed by atoms with Crippen molar-refractivity contribution >= 4 is 21.6 Å². The van der Waals surface area contributed by atoms with E-state index in [9.17, 15) is 0 Å². The van der Waals surface area contributed by atoms with Crippen LogP contribution in [0.2, 0.25) is 0 Å². The van der Waals surface area contributed by atoms with E-state index in [1.807, 2.05) is 36.6 Å². The van der Waals surface area contributed by atoms with E-state index in [-0.39, 0.29) is 0 Å². The molecule has 3 heteroatoms. The third-order valence-electron chi connectivity index (χ3n) is 0.963. The minimum absolute atomic E-state index is 1.05. The van der Waals surface area contributed by atoms with E-state index in [0.29, 0.717) is 0 Å². The predicted molar refractivity (Wildman–Crippen MR) is 52.5 cm³/mol. The molecule has 0 radical (unpaired) electrons. The average Bonchev–Trinajstić information content (AvgIpc) is 2.07. The van der Waals surface area contributed by atoms with Crippen molar-refractivity contribution in [2.45, 2.75) is 11.9 Å². The molecule has 0 saturated heterocycles. The SMILES string of the molecule is CC=CSSc1ccccn1. The van der Waals surface area contributed by atoms with E-state index in [0.717, 1.165) is 5.03 Å². The van der Waals surface area contributed by atoms with Crippen molar-refractivity contribution in [1.29, 1.82) is 0 Å². The van der Waals surface area contributed by atoms with Gasteiger partial charge in [0.25, 0.3) is 0 Å². The molecular formula is C8H9NS2. The molecule has 0 aliphatic heterocycles. The molecule has 0 bridgehead atoms. The molecule has 1 aromatic heterocycles. The summed E-state index contributed by atoms with van der Waals surface area (Å²) < 4.78 is 0.